The van der Waals surface area contributed by atoms with Gasteiger partial charge in [-0.25, -0.2) is 8.42 Å². The molecule has 0 saturated carbocycles. The van der Waals surface area contributed by atoms with Gasteiger partial charge in [-0.05, 0) is 55.7 Å². The second kappa shape index (κ2) is 8.45. The highest BCUT2D eigenvalue weighted by Crippen LogP contribution is 2.33. The number of sulfonamides is 1. The minimum Gasteiger partial charge on any atom is -0.486 e. The van der Waals surface area contributed by atoms with E-state index in [1.165, 1.54) is 22.5 Å². The van der Waals surface area contributed by atoms with E-state index in [2.05, 4.69) is 5.32 Å². The van der Waals surface area contributed by atoms with Gasteiger partial charge in [0.25, 0.3) is 5.91 Å². The average Bonchev–Trinajstić information content (AvgIpc) is 3.29. The molecule has 0 radical (unpaired) electrons. The Morgan fingerprint density at radius 2 is 1.77 bits per heavy atom. The van der Waals surface area contributed by atoms with Crippen LogP contribution in [0.5, 0.6) is 11.5 Å². The van der Waals surface area contributed by atoms with E-state index in [1.54, 1.807) is 0 Å². The summed E-state index contributed by atoms with van der Waals surface area (Å²) in [5, 5.41) is 3.01. The van der Waals surface area contributed by atoms with E-state index in [0.717, 1.165) is 18.4 Å². The summed E-state index contributed by atoms with van der Waals surface area (Å²) < 4.78 is 38.3. The monoisotopic (exact) mass is 450 g/mol. The Morgan fingerprint density at radius 1 is 1.07 bits per heavy atom. The van der Waals surface area contributed by atoms with Gasteiger partial charge in [0, 0.05) is 18.7 Å². The first kappa shape index (κ1) is 21.0. The van der Waals surface area contributed by atoms with Gasteiger partial charge >= 0.3 is 0 Å². The van der Waals surface area contributed by atoms with Crippen molar-refractivity contribution >= 4 is 27.5 Å². The number of hydrogen-bond donors (Lipinski definition) is 1. The lowest BCUT2D eigenvalue weighted by atomic mass is 10.1. The Labute approximate surface area is 181 Å². The van der Waals surface area contributed by atoms with E-state index >= 15 is 0 Å². The van der Waals surface area contributed by atoms with Gasteiger partial charge in [-0.1, -0.05) is 17.7 Å². The van der Waals surface area contributed by atoms with E-state index in [-0.39, 0.29) is 27.4 Å². The number of hydrogen-bond acceptors (Lipinski definition) is 5. The van der Waals surface area contributed by atoms with Crippen LogP contribution in [0.1, 0.15) is 41.7 Å². The van der Waals surface area contributed by atoms with Crippen molar-refractivity contribution in [2.75, 3.05) is 26.3 Å². The largest absolute Gasteiger partial charge is 0.486 e. The first-order chi connectivity index (χ1) is 14.4. The van der Waals surface area contributed by atoms with Crippen LogP contribution in [0.15, 0.2) is 41.3 Å². The van der Waals surface area contributed by atoms with Gasteiger partial charge in [0.2, 0.25) is 10.0 Å². The van der Waals surface area contributed by atoms with Gasteiger partial charge in [0.05, 0.1) is 11.1 Å². The van der Waals surface area contributed by atoms with Crippen molar-refractivity contribution in [2.45, 2.75) is 30.7 Å². The number of ether oxygens (including phenoxy) is 2. The van der Waals surface area contributed by atoms with Crippen LogP contribution in [0.3, 0.4) is 0 Å². The molecule has 2 heterocycles. The second-order valence-electron chi connectivity index (χ2n) is 7.35. The fourth-order valence-electron chi connectivity index (χ4n) is 3.60. The number of nitrogens with one attached hydrogen (secondary N) is 1. The lowest BCUT2D eigenvalue weighted by molar-refractivity contribution is 0.0939. The fraction of sp³-hybridized carbons (Fsp3) is 0.381. The van der Waals surface area contributed by atoms with E-state index in [4.69, 9.17) is 21.1 Å². The Morgan fingerprint density at radius 3 is 2.50 bits per heavy atom. The van der Waals surface area contributed by atoms with Crippen LogP contribution in [-0.2, 0) is 10.0 Å². The summed E-state index contributed by atoms with van der Waals surface area (Å²) in [6, 6.07) is 9.53. The number of fused-ring (bicyclic) bond motifs is 1. The van der Waals surface area contributed by atoms with Crippen molar-refractivity contribution < 1.29 is 22.7 Å². The first-order valence-corrected chi connectivity index (χ1v) is 11.7. The van der Waals surface area contributed by atoms with E-state index in [9.17, 15) is 13.2 Å². The molecule has 7 nitrogen and oxygen atoms in total. The van der Waals surface area contributed by atoms with Gasteiger partial charge in [0.1, 0.15) is 18.1 Å². The number of amides is 1. The van der Waals surface area contributed by atoms with Crippen molar-refractivity contribution in [3.8, 4) is 11.5 Å². The van der Waals surface area contributed by atoms with Crippen LogP contribution in [-0.4, -0.2) is 44.9 Å². The van der Waals surface area contributed by atoms with Crippen LogP contribution in [0, 0.1) is 0 Å². The number of carbonyl (C=O) groups excluding carboxylic acids is 1. The number of nitrogens with zero attached hydrogens (tertiary/aromatic N) is 1. The summed E-state index contributed by atoms with van der Waals surface area (Å²) in [5.41, 5.74) is 1.09. The number of benzene rings is 2. The lowest BCUT2D eigenvalue weighted by Gasteiger charge is -2.21. The Balaban J connectivity index is 1.53. The topological polar surface area (TPSA) is 84.9 Å². The van der Waals surface area contributed by atoms with Crippen LogP contribution >= 0.6 is 11.6 Å². The minimum atomic E-state index is -3.73. The second-order valence-corrected chi connectivity index (χ2v) is 9.67. The number of carbonyl (C=O) groups is 1. The molecule has 0 aliphatic carbocycles. The molecular weight excluding hydrogens is 428 g/mol. The standard InChI is InChI=1S/C21H23ClN2O5S/c1-14(15-5-7-18-19(12-15)29-11-10-28-18)23-21(25)16-4-6-17(22)20(13-16)30(26,27)24-8-2-3-9-24/h4-7,12-14H,2-3,8-11H2,1H3,(H,23,25)/t14-/m1/s1. The van der Waals surface area contributed by atoms with E-state index < -0.39 is 10.0 Å². The zero-order valence-electron chi connectivity index (χ0n) is 16.6. The predicted molar refractivity (Wildman–Crippen MR) is 113 cm³/mol. The molecule has 9 heteroatoms. The highest BCUT2D eigenvalue weighted by atomic mass is 35.5. The average molecular weight is 451 g/mol. The molecule has 1 N–H and O–H groups in total. The summed E-state index contributed by atoms with van der Waals surface area (Å²) in [4.78, 5) is 12.8. The smallest absolute Gasteiger partial charge is 0.251 e. The molecule has 4 rings (SSSR count). The van der Waals surface area contributed by atoms with Crippen molar-refractivity contribution in [3.63, 3.8) is 0 Å². The van der Waals surface area contributed by atoms with Crippen molar-refractivity contribution in [2.24, 2.45) is 0 Å². The highest BCUT2D eigenvalue weighted by Gasteiger charge is 2.30. The fourth-order valence-corrected chi connectivity index (χ4v) is 5.62. The summed E-state index contributed by atoms with van der Waals surface area (Å²) in [7, 11) is -3.73. The normalized spacial score (nSPS) is 17.5. The van der Waals surface area contributed by atoms with Gasteiger partial charge in [-0.3, -0.25) is 4.79 Å². The predicted octanol–water partition coefficient (Wildman–Crippen LogP) is 3.39. The van der Waals surface area contributed by atoms with Crippen LogP contribution in [0.25, 0.3) is 0 Å². The maximum Gasteiger partial charge on any atom is 0.251 e. The molecule has 0 unspecified atom stereocenters. The molecule has 1 amide bonds. The summed E-state index contributed by atoms with van der Waals surface area (Å²) >= 11 is 6.17. The van der Waals surface area contributed by atoms with Crippen molar-refractivity contribution in [1.82, 2.24) is 9.62 Å². The van der Waals surface area contributed by atoms with Crippen LogP contribution in [0.2, 0.25) is 5.02 Å². The molecule has 2 aromatic carbocycles. The van der Waals surface area contributed by atoms with Gasteiger partial charge < -0.3 is 14.8 Å². The van der Waals surface area contributed by atoms with E-state index in [1.807, 2.05) is 25.1 Å². The maximum atomic E-state index is 12.9. The van der Waals surface area contributed by atoms with Gasteiger partial charge in [-0.15, -0.1) is 0 Å². The van der Waals surface area contributed by atoms with Crippen molar-refractivity contribution in [3.05, 3.63) is 52.5 Å². The van der Waals surface area contributed by atoms with Crippen LogP contribution in [0.4, 0.5) is 0 Å². The molecule has 2 aliphatic heterocycles. The number of halogens is 1. The molecule has 160 valence electrons. The third-order valence-electron chi connectivity index (χ3n) is 5.29. The molecule has 2 aliphatic rings. The Kier molecular flexibility index (Phi) is 5.90. The third-order valence-corrected chi connectivity index (χ3v) is 7.67. The minimum absolute atomic E-state index is 0.0364. The molecule has 0 spiro atoms. The maximum absolute atomic E-state index is 12.9. The first-order valence-electron chi connectivity index (χ1n) is 9.86. The molecule has 30 heavy (non-hydrogen) atoms. The van der Waals surface area contributed by atoms with Crippen molar-refractivity contribution in [1.29, 1.82) is 0 Å². The highest BCUT2D eigenvalue weighted by molar-refractivity contribution is 7.89. The third kappa shape index (κ3) is 4.12. The Hall–Kier alpha value is -2.29. The van der Waals surface area contributed by atoms with Gasteiger partial charge in [0.15, 0.2) is 11.5 Å². The quantitative estimate of drug-likeness (QED) is 0.754. The molecule has 0 aromatic heterocycles. The zero-order chi connectivity index (χ0) is 21.3. The number of rotatable bonds is 5. The van der Waals surface area contributed by atoms with Crippen LogP contribution < -0.4 is 14.8 Å². The molecule has 2 aromatic rings. The summed E-state index contributed by atoms with van der Waals surface area (Å²) in [6.07, 6.45) is 1.65. The molecule has 1 fully saturated rings. The summed E-state index contributed by atoms with van der Waals surface area (Å²) in [5.74, 6) is 0.940. The molecular formula is C21H23ClN2O5S. The zero-order valence-corrected chi connectivity index (χ0v) is 18.1. The molecule has 1 atom stereocenters. The van der Waals surface area contributed by atoms with E-state index in [0.29, 0.717) is 37.8 Å². The SMILES string of the molecule is C[C@@H](NC(=O)c1ccc(Cl)c(S(=O)(=O)N2CCCC2)c1)c1ccc2c(c1)OCCO2. The lowest BCUT2D eigenvalue weighted by Crippen LogP contribution is -2.29. The Bertz CT molecular complexity index is 1070. The molecule has 1 saturated heterocycles. The summed E-state index contributed by atoms with van der Waals surface area (Å²) in [6.45, 7) is 3.78. The molecule has 0 bridgehead atoms. The van der Waals surface area contributed by atoms with Gasteiger partial charge in [-0.2, -0.15) is 4.31 Å².